The van der Waals surface area contributed by atoms with Crippen molar-refractivity contribution in [1.29, 1.82) is 0 Å². The van der Waals surface area contributed by atoms with Gasteiger partial charge in [0.15, 0.2) is 0 Å². The summed E-state index contributed by atoms with van der Waals surface area (Å²) in [5.41, 5.74) is 3.49. The van der Waals surface area contributed by atoms with E-state index in [2.05, 4.69) is 0 Å². The molecule has 6 heteroatoms. The van der Waals surface area contributed by atoms with Gasteiger partial charge in [-0.25, -0.2) is 0 Å². The Morgan fingerprint density at radius 3 is 2.33 bits per heavy atom. The molecule has 3 aromatic carbocycles. The molecule has 0 bridgehead atoms. The van der Waals surface area contributed by atoms with Gasteiger partial charge < -0.3 is 14.6 Å². The summed E-state index contributed by atoms with van der Waals surface area (Å²) in [5.74, 6) is -0.449. The van der Waals surface area contributed by atoms with Crippen LogP contribution in [0.1, 0.15) is 28.3 Å². The highest BCUT2D eigenvalue weighted by atomic mass is 16.5. The second-order valence-corrected chi connectivity index (χ2v) is 7.97. The Kier molecular flexibility index (Phi) is 5.92. The number of ether oxygens (including phenoxy) is 2. The number of nitrogens with zero attached hydrogens (tertiary/aromatic N) is 1. The lowest BCUT2D eigenvalue weighted by Gasteiger charge is -2.26. The van der Waals surface area contributed by atoms with Gasteiger partial charge in [0.1, 0.15) is 17.3 Å². The molecule has 4 rings (SSSR count). The number of carbonyl (C=O) groups excluding carboxylic acids is 2. The van der Waals surface area contributed by atoms with Crippen LogP contribution in [-0.4, -0.2) is 31.0 Å². The number of rotatable bonds is 5. The summed E-state index contributed by atoms with van der Waals surface area (Å²) < 4.78 is 10.6. The molecule has 33 heavy (non-hydrogen) atoms. The number of aryl methyl sites for hydroxylation is 2. The normalized spacial score (nSPS) is 17.3. The van der Waals surface area contributed by atoms with E-state index in [1.54, 1.807) is 49.6 Å². The molecule has 168 valence electrons. The van der Waals surface area contributed by atoms with E-state index in [0.717, 1.165) is 16.7 Å². The van der Waals surface area contributed by atoms with Crippen molar-refractivity contribution in [3.8, 4) is 11.5 Å². The summed E-state index contributed by atoms with van der Waals surface area (Å²) in [7, 11) is 3.11. The monoisotopic (exact) mass is 443 g/mol. The number of aliphatic hydroxyl groups is 1. The maximum Gasteiger partial charge on any atom is 0.300 e. The van der Waals surface area contributed by atoms with Crippen LogP contribution in [0.25, 0.3) is 5.76 Å². The molecule has 3 aromatic rings. The van der Waals surface area contributed by atoms with Crippen LogP contribution in [0.3, 0.4) is 0 Å². The number of aliphatic hydroxyl groups excluding tert-OH is 1. The number of ketones is 1. The topological polar surface area (TPSA) is 76.1 Å². The van der Waals surface area contributed by atoms with E-state index in [0.29, 0.717) is 22.7 Å². The number of hydrogen-bond donors (Lipinski definition) is 1. The van der Waals surface area contributed by atoms with Crippen molar-refractivity contribution in [3.05, 3.63) is 94.6 Å². The minimum atomic E-state index is -0.792. The molecule has 0 saturated carbocycles. The first-order valence-corrected chi connectivity index (χ1v) is 10.5. The third-order valence-corrected chi connectivity index (χ3v) is 5.80. The fourth-order valence-electron chi connectivity index (χ4n) is 4.20. The minimum Gasteiger partial charge on any atom is -0.507 e. The Balaban J connectivity index is 1.95. The summed E-state index contributed by atoms with van der Waals surface area (Å²) in [4.78, 5) is 27.9. The molecular weight excluding hydrogens is 418 g/mol. The lowest BCUT2D eigenvalue weighted by molar-refractivity contribution is -0.132. The largest absolute Gasteiger partial charge is 0.507 e. The van der Waals surface area contributed by atoms with Gasteiger partial charge in [-0.1, -0.05) is 35.9 Å². The van der Waals surface area contributed by atoms with Crippen LogP contribution in [0, 0.1) is 13.8 Å². The maximum atomic E-state index is 13.3. The predicted molar refractivity (Wildman–Crippen MR) is 127 cm³/mol. The molecule has 1 amide bonds. The molecule has 1 aliphatic heterocycles. The Morgan fingerprint density at radius 2 is 1.67 bits per heavy atom. The highest BCUT2D eigenvalue weighted by Gasteiger charge is 2.47. The molecule has 1 aliphatic rings. The molecule has 1 N–H and O–H groups in total. The lowest BCUT2D eigenvalue weighted by Crippen LogP contribution is -2.29. The summed E-state index contributed by atoms with van der Waals surface area (Å²) >= 11 is 0. The average molecular weight is 443 g/mol. The van der Waals surface area contributed by atoms with Crippen molar-refractivity contribution in [3.63, 3.8) is 0 Å². The zero-order chi connectivity index (χ0) is 23.7. The van der Waals surface area contributed by atoms with Crippen molar-refractivity contribution in [2.45, 2.75) is 19.9 Å². The predicted octanol–water partition coefficient (Wildman–Crippen LogP) is 4.95. The van der Waals surface area contributed by atoms with Crippen LogP contribution >= 0.6 is 0 Å². The third-order valence-electron chi connectivity index (χ3n) is 5.80. The Labute approximate surface area is 192 Å². The quantitative estimate of drug-likeness (QED) is 0.343. The van der Waals surface area contributed by atoms with Crippen LogP contribution in [0.15, 0.2) is 72.3 Å². The highest BCUT2D eigenvalue weighted by molar-refractivity contribution is 6.51. The lowest BCUT2D eigenvalue weighted by atomic mass is 9.94. The van der Waals surface area contributed by atoms with E-state index in [-0.39, 0.29) is 11.3 Å². The van der Waals surface area contributed by atoms with Gasteiger partial charge in [0, 0.05) is 17.3 Å². The van der Waals surface area contributed by atoms with Crippen molar-refractivity contribution in [2.75, 3.05) is 19.1 Å². The third kappa shape index (κ3) is 3.96. The van der Waals surface area contributed by atoms with Crippen LogP contribution in [0.2, 0.25) is 0 Å². The van der Waals surface area contributed by atoms with Crippen LogP contribution < -0.4 is 14.4 Å². The second kappa shape index (κ2) is 8.82. The summed E-state index contributed by atoms with van der Waals surface area (Å²) in [6.45, 7) is 3.79. The molecule has 0 aliphatic carbocycles. The van der Waals surface area contributed by atoms with Gasteiger partial charge in [0.05, 0.1) is 25.8 Å². The second-order valence-electron chi connectivity index (χ2n) is 7.97. The summed E-state index contributed by atoms with van der Waals surface area (Å²) in [5, 5.41) is 11.3. The van der Waals surface area contributed by atoms with Gasteiger partial charge >= 0.3 is 0 Å². The molecule has 1 atom stereocenters. The minimum absolute atomic E-state index is 0.0398. The number of amides is 1. The van der Waals surface area contributed by atoms with Crippen LogP contribution in [-0.2, 0) is 9.59 Å². The van der Waals surface area contributed by atoms with Gasteiger partial charge in [-0.2, -0.15) is 0 Å². The van der Waals surface area contributed by atoms with Crippen molar-refractivity contribution in [2.24, 2.45) is 0 Å². The van der Waals surface area contributed by atoms with Gasteiger partial charge in [-0.05, 0) is 55.3 Å². The van der Waals surface area contributed by atoms with Crippen LogP contribution in [0.4, 0.5) is 5.69 Å². The van der Waals surface area contributed by atoms with E-state index in [4.69, 9.17) is 9.47 Å². The maximum absolute atomic E-state index is 13.3. The standard InChI is InChI=1S/C27H25NO5/c1-16-7-5-8-18(13-16)24-23(25(29)19-11-12-22(33-4)17(2)14-19)26(30)27(31)28(24)20-9-6-10-21(15-20)32-3/h5-15,24,29H,1-4H3/b25-23+. The molecule has 0 spiro atoms. The van der Waals surface area contributed by atoms with Gasteiger partial charge in [0.25, 0.3) is 11.7 Å². The van der Waals surface area contributed by atoms with Crippen molar-refractivity contribution >= 4 is 23.1 Å². The number of methoxy groups -OCH3 is 2. The van der Waals surface area contributed by atoms with Gasteiger partial charge in [0.2, 0.25) is 0 Å². The molecular formula is C27H25NO5. The first-order chi connectivity index (χ1) is 15.8. The summed E-state index contributed by atoms with van der Waals surface area (Å²) in [6, 6.07) is 18.9. The molecule has 1 fully saturated rings. The van der Waals surface area contributed by atoms with E-state index >= 15 is 0 Å². The Morgan fingerprint density at radius 1 is 0.909 bits per heavy atom. The summed E-state index contributed by atoms with van der Waals surface area (Å²) in [6.07, 6.45) is 0. The molecule has 1 heterocycles. The fraction of sp³-hybridized carbons (Fsp3) is 0.185. The first kappa shape index (κ1) is 22.1. The highest BCUT2D eigenvalue weighted by Crippen LogP contribution is 2.43. The van der Waals surface area contributed by atoms with E-state index < -0.39 is 17.7 Å². The van der Waals surface area contributed by atoms with E-state index in [9.17, 15) is 14.7 Å². The number of anilines is 1. The van der Waals surface area contributed by atoms with E-state index in [1.807, 2.05) is 38.1 Å². The fourth-order valence-corrected chi connectivity index (χ4v) is 4.20. The molecule has 1 saturated heterocycles. The number of hydrogen-bond acceptors (Lipinski definition) is 5. The van der Waals surface area contributed by atoms with Crippen molar-refractivity contribution < 1.29 is 24.2 Å². The number of carbonyl (C=O) groups is 2. The number of Topliss-reactive ketones (excluding diaryl/α,β-unsaturated/α-hetero) is 1. The average Bonchev–Trinajstić information content (AvgIpc) is 3.09. The molecule has 0 radical (unpaired) electrons. The van der Waals surface area contributed by atoms with Crippen molar-refractivity contribution in [1.82, 2.24) is 0 Å². The number of benzene rings is 3. The Hall–Kier alpha value is -4.06. The first-order valence-electron chi connectivity index (χ1n) is 10.5. The zero-order valence-electron chi connectivity index (χ0n) is 19.0. The van der Waals surface area contributed by atoms with Gasteiger partial charge in [-0.15, -0.1) is 0 Å². The zero-order valence-corrected chi connectivity index (χ0v) is 19.0. The smallest absolute Gasteiger partial charge is 0.300 e. The van der Waals surface area contributed by atoms with Crippen LogP contribution in [0.5, 0.6) is 11.5 Å². The molecule has 0 aromatic heterocycles. The Bertz CT molecular complexity index is 1280. The molecule has 6 nitrogen and oxygen atoms in total. The SMILES string of the molecule is COc1cccc(N2C(=O)C(=O)/C(=C(/O)c3ccc(OC)c(C)c3)C2c2cccc(C)c2)c1. The molecule has 1 unspecified atom stereocenters. The van der Waals surface area contributed by atoms with E-state index in [1.165, 1.54) is 12.0 Å². The van der Waals surface area contributed by atoms with Gasteiger partial charge in [-0.3, -0.25) is 14.5 Å².